The van der Waals surface area contributed by atoms with Gasteiger partial charge in [-0.1, -0.05) is 45.4 Å². The van der Waals surface area contributed by atoms with E-state index in [1.807, 2.05) is 6.20 Å². The van der Waals surface area contributed by atoms with Gasteiger partial charge in [-0.3, -0.25) is 0 Å². The van der Waals surface area contributed by atoms with Gasteiger partial charge in [0.05, 0.1) is 5.39 Å². The predicted molar refractivity (Wildman–Crippen MR) is 105 cm³/mol. The number of anilines is 1. The molecule has 1 fully saturated rings. The Morgan fingerprint density at radius 1 is 1.08 bits per heavy atom. The Labute approximate surface area is 151 Å². The van der Waals surface area contributed by atoms with Crippen LogP contribution in [0, 0.1) is 0 Å². The molecule has 0 aromatic carbocycles. The van der Waals surface area contributed by atoms with E-state index in [2.05, 4.69) is 38.2 Å². The highest BCUT2D eigenvalue weighted by molar-refractivity contribution is 5.87. The summed E-state index contributed by atoms with van der Waals surface area (Å²) in [4.78, 5) is 14.4. The van der Waals surface area contributed by atoms with Crippen LogP contribution < -0.4 is 10.2 Å². The van der Waals surface area contributed by atoms with Crippen molar-refractivity contribution in [2.75, 3.05) is 24.5 Å². The highest BCUT2D eigenvalue weighted by atomic mass is 15.2. The summed E-state index contributed by atoms with van der Waals surface area (Å²) < 4.78 is 0. The van der Waals surface area contributed by atoms with Crippen molar-refractivity contribution in [3.63, 3.8) is 0 Å². The van der Waals surface area contributed by atoms with Crippen LogP contribution in [0.4, 0.5) is 5.82 Å². The lowest BCUT2D eigenvalue weighted by molar-refractivity contribution is 0.407. The van der Waals surface area contributed by atoms with E-state index in [-0.39, 0.29) is 0 Å². The number of nitrogens with one attached hydrogen (secondary N) is 2. The van der Waals surface area contributed by atoms with Crippen molar-refractivity contribution in [2.24, 2.45) is 0 Å². The molecule has 3 rings (SSSR count). The standard InChI is InChI=1S/C20H33N5/c1-2-3-4-5-6-7-8-12-21-17-10-14-25(15-11-17)20-18-9-13-22-19(18)23-16-24-20/h9,13,16-17,21H,2-8,10-12,14-15H2,1H3,(H,22,23,24). The summed E-state index contributed by atoms with van der Waals surface area (Å²) in [6.45, 7) is 5.60. The van der Waals surface area contributed by atoms with Gasteiger partial charge in [-0.25, -0.2) is 9.97 Å². The molecule has 2 aromatic rings. The van der Waals surface area contributed by atoms with Crippen LogP contribution in [0.2, 0.25) is 0 Å². The highest BCUT2D eigenvalue weighted by Crippen LogP contribution is 2.24. The number of hydrogen-bond acceptors (Lipinski definition) is 4. The minimum Gasteiger partial charge on any atom is -0.356 e. The Hall–Kier alpha value is -1.62. The fourth-order valence-corrected chi connectivity index (χ4v) is 3.79. The van der Waals surface area contributed by atoms with Crippen LogP contribution in [0.1, 0.15) is 64.7 Å². The van der Waals surface area contributed by atoms with Crippen LogP contribution in [0.5, 0.6) is 0 Å². The Balaban J connectivity index is 1.33. The maximum absolute atomic E-state index is 4.52. The number of hydrogen-bond donors (Lipinski definition) is 2. The van der Waals surface area contributed by atoms with Crippen LogP contribution in [-0.4, -0.2) is 40.6 Å². The summed E-state index contributed by atoms with van der Waals surface area (Å²) in [5.74, 6) is 1.08. The minimum atomic E-state index is 0.667. The second-order valence-corrected chi connectivity index (χ2v) is 7.27. The van der Waals surface area contributed by atoms with Crippen molar-refractivity contribution in [1.29, 1.82) is 0 Å². The first-order chi connectivity index (χ1) is 12.4. The quantitative estimate of drug-likeness (QED) is 0.633. The smallest absolute Gasteiger partial charge is 0.142 e. The molecule has 0 unspecified atom stereocenters. The number of nitrogens with zero attached hydrogens (tertiary/aromatic N) is 3. The zero-order chi connectivity index (χ0) is 17.3. The molecule has 138 valence electrons. The zero-order valence-electron chi connectivity index (χ0n) is 15.6. The van der Waals surface area contributed by atoms with Gasteiger partial charge in [0.2, 0.25) is 0 Å². The SMILES string of the molecule is CCCCCCCCCNC1CCN(c2ncnc3[nH]ccc23)CC1. The van der Waals surface area contributed by atoms with Gasteiger partial charge in [-0.2, -0.15) is 0 Å². The minimum absolute atomic E-state index is 0.667. The molecule has 0 spiro atoms. The molecule has 0 aliphatic carbocycles. The van der Waals surface area contributed by atoms with Gasteiger partial charge < -0.3 is 15.2 Å². The molecule has 0 saturated carbocycles. The fourth-order valence-electron chi connectivity index (χ4n) is 3.79. The van der Waals surface area contributed by atoms with E-state index in [4.69, 9.17) is 0 Å². The molecular formula is C20H33N5. The van der Waals surface area contributed by atoms with Gasteiger partial charge in [0.15, 0.2) is 0 Å². The van der Waals surface area contributed by atoms with Crippen molar-refractivity contribution in [3.05, 3.63) is 18.6 Å². The van der Waals surface area contributed by atoms with Gasteiger partial charge >= 0.3 is 0 Å². The summed E-state index contributed by atoms with van der Waals surface area (Å²) >= 11 is 0. The lowest BCUT2D eigenvalue weighted by Gasteiger charge is -2.33. The summed E-state index contributed by atoms with van der Waals surface area (Å²) in [5.41, 5.74) is 0.934. The lowest BCUT2D eigenvalue weighted by Crippen LogP contribution is -2.43. The molecule has 1 saturated heterocycles. The van der Waals surface area contributed by atoms with E-state index in [0.717, 1.165) is 29.9 Å². The monoisotopic (exact) mass is 343 g/mol. The molecule has 0 bridgehead atoms. The van der Waals surface area contributed by atoms with E-state index < -0.39 is 0 Å². The Kier molecular flexibility index (Phi) is 7.10. The van der Waals surface area contributed by atoms with E-state index in [1.165, 1.54) is 64.3 Å². The lowest BCUT2D eigenvalue weighted by atomic mass is 10.0. The van der Waals surface area contributed by atoms with Crippen molar-refractivity contribution < 1.29 is 0 Å². The third kappa shape index (κ3) is 5.18. The first kappa shape index (κ1) is 18.2. The molecule has 0 atom stereocenters. The average Bonchev–Trinajstić information content (AvgIpc) is 3.13. The maximum atomic E-state index is 4.52. The molecule has 0 amide bonds. The molecule has 25 heavy (non-hydrogen) atoms. The van der Waals surface area contributed by atoms with Gasteiger partial charge in [0.25, 0.3) is 0 Å². The maximum Gasteiger partial charge on any atom is 0.142 e. The molecule has 3 heterocycles. The van der Waals surface area contributed by atoms with Crippen molar-refractivity contribution in [3.8, 4) is 0 Å². The number of H-pyrrole nitrogens is 1. The topological polar surface area (TPSA) is 56.8 Å². The van der Waals surface area contributed by atoms with Crippen LogP contribution >= 0.6 is 0 Å². The molecule has 1 aliphatic rings. The Morgan fingerprint density at radius 2 is 1.84 bits per heavy atom. The summed E-state index contributed by atoms with van der Waals surface area (Å²) in [5, 5.41) is 4.90. The number of fused-ring (bicyclic) bond motifs is 1. The third-order valence-electron chi connectivity index (χ3n) is 5.34. The number of aromatic nitrogens is 3. The average molecular weight is 344 g/mol. The summed E-state index contributed by atoms with van der Waals surface area (Å²) in [7, 11) is 0. The molecule has 2 N–H and O–H groups in total. The van der Waals surface area contributed by atoms with Crippen LogP contribution in [0.15, 0.2) is 18.6 Å². The molecular weight excluding hydrogens is 310 g/mol. The number of aromatic amines is 1. The summed E-state index contributed by atoms with van der Waals surface area (Å²) in [6, 6.07) is 2.75. The second-order valence-electron chi connectivity index (χ2n) is 7.27. The fraction of sp³-hybridized carbons (Fsp3) is 0.700. The van der Waals surface area contributed by atoms with E-state index in [9.17, 15) is 0 Å². The van der Waals surface area contributed by atoms with E-state index >= 15 is 0 Å². The molecule has 0 radical (unpaired) electrons. The third-order valence-corrected chi connectivity index (χ3v) is 5.34. The zero-order valence-corrected chi connectivity index (χ0v) is 15.6. The number of rotatable bonds is 10. The molecule has 2 aromatic heterocycles. The normalized spacial score (nSPS) is 16.0. The molecule has 5 nitrogen and oxygen atoms in total. The largest absolute Gasteiger partial charge is 0.356 e. The van der Waals surface area contributed by atoms with Gasteiger partial charge in [-0.15, -0.1) is 0 Å². The van der Waals surface area contributed by atoms with E-state index in [1.54, 1.807) is 6.33 Å². The number of piperidine rings is 1. The van der Waals surface area contributed by atoms with Crippen molar-refractivity contribution in [1.82, 2.24) is 20.3 Å². The first-order valence-electron chi connectivity index (χ1n) is 10.1. The first-order valence-corrected chi connectivity index (χ1v) is 10.1. The molecule has 1 aliphatic heterocycles. The van der Waals surface area contributed by atoms with Crippen molar-refractivity contribution >= 4 is 16.9 Å². The second kappa shape index (κ2) is 9.76. The predicted octanol–water partition coefficient (Wildman–Crippen LogP) is 4.27. The van der Waals surface area contributed by atoms with Crippen LogP contribution in [0.25, 0.3) is 11.0 Å². The van der Waals surface area contributed by atoms with Gasteiger partial charge in [0.1, 0.15) is 17.8 Å². The molecule has 5 heteroatoms. The van der Waals surface area contributed by atoms with Gasteiger partial charge in [0, 0.05) is 25.3 Å². The van der Waals surface area contributed by atoms with Crippen molar-refractivity contribution in [2.45, 2.75) is 70.8 Å². The highest BCUT2D eigenvalue weighted by Gasteiger charge is 2.21. The van der Waals surface area contributed by atoms with Crippen LogP contribution in [0.3, 0.4) is 0 Å². The summed E-state index contributed by atoms with van der Waals surface area (Å²) in [6.07, 6.45) is 15.7. The Morgan fingerprint density at radius 3 is 2.64 bits per heavy atom. The Bertz CT molecular complexity index is 615. The number of unbranched alkanes of at least 4 members (excludes halogenated alkanes) is 6. The van der Waals surface area contributed by atoms with Gasteiger partial charge in [-0.05, 0) is 31.9 Å². The van der Waals surface area contributed by atoms with E-state index in [0.29, 0.717) is 6.04 Å². The van der Waals surface area contributed by atoms with Crippen LogP contribution in [-0.2, 0) is 0 Å².